The lowest BCUT2D eigenvalue weighted by Gasteiger charge is -2.23. The van der Waals surface area contributed by atoms with Gasteiger partial charge in [0.1, 0.15) is 23.0 Å². The van der Waals surface area contributed by atoms with Crippen molar-refractivity contribution in [3.8, 4) is 45.5 Å². The van der Waals surface area contributed by atoms with Gasteiger partial charge in [0.05, 0.1) is 63.6 Å². The first-order chi connectivity index (χ1) is 18.9. The highest BCUT2D eigenvalue weighted by molar-refractivity contribution is 5.66. The molecule has 0 radical (unpaired) electrons. The summed E-state index contributed by atoms with van der Waals surface area (Å²) in [6, 6.07) is 19.8. The molecular formula is C32H40N4O4. The molecule has 40 heavy (non-hydrogen) atoms. The van der Waals surface area contributed by atoms with Crippen LogP contribution in [0.5, 0.6) is 23.0 Å². The minimum absolute atomic E-state index is 0. The molecule has 0 aliphatic carbocycles. The summed E-state index contributed by atoms with van der Waals surface area (Å²) in [4.78, 5) is 13.8. The van der Waals surface area contributed by atoms with Crippen molar-refractivity contribution in [3.05, 3.63) is 73.1 Å². The van der Waals surface area contributed by atoms with Gasteiger partial charge < -0.3 is 28.7 Å². The molecule has 0 saturated carbocycles. The largest absolute Gasteiger partial charge is 0.497 e. The Bertz CT molecular complexity index is 1210. The highest BCUT2D eigenvalue weighted by Crippen LogP contribution is 2.30. The molecule has 4 rings (SSSR count). The van der Waals surface area contributed by atoms with Crippen molar-refractivity contribution >= 4 is 11.4 Å². The monoisotopic (exact) mass is 544 g/mol. The second-order valence-electron chi connectivity index (χ2n) is 9.20. The summed E-state index contributed by atoms with van der Waals surface area (Å²) in [5.74, 6) is 2.95. The van der Waals surface area contributed by atoms with Crippen molar-refractivity contribution in [2.75, 3.05) is 65.4 Å². The fraction of sp³-hybridized carbons (Fsp3) is 0.312. The van der Waals surface area contributed by atoms with Crippen molar-refractivity contribution in [1.82, 2.24) is 9.97 Å². The summed E-state index contributed by atoms with van der Waals surface area (Å²) in [6.07, 6.45) is 4.79. The molecule has 8 heteroatoms. The predicted molar refractivity (Wildman–Crippen MR) is 163 cm³/mol. The first-order valence-corrected chi connectivity index (χ1v) is 12.8. The van der Waals surface area contributed by atoms with Gasteiger partial charge in [-0.25, -0.2) is 0 Å². The SMILES string of the molecule is C.COc1cc(OC)cc(-c2ccc(N(C)CCCN(C)c3ccc(-c4cc(OC)cc(OC)c4)nc3)cn2)c1. The minimum Gasteiger partial charge on any atom is -0.497 e. The average molecular weight is 545 g/mol. The van der Waals surface area contributed by atoms with Gasteiger partial charge in [0.2, 0.25) is 0 Å². The van der Waals surface area contributed by atoms with Crippen LogP contribution >= 0.6 is 0 Å². The molecule has 0 fully saturated rings. The molecular weight excluding hydrogens is 504 g/mol. The van der Waals surface area contributed by atoms with E-state index in [4.69, 9.17) is 18.9 Å². The smallest absolute Gasteiger partial charge is 0.123 e. The zero-order valence-corrected chi connectivity index (χ0v) is 23.5. The molecule has 0 spiro atoms. The van der Waals surface area contributed by atoms with Gasteiger partial charge in [-0.3, -0.25) is 9.97 Å². The number of nitrogens with zero attached hydrogens (tertiary/aromatic N) is 4. The highest BCUT2D eigenvalue weighted by atomic mass is 16.5. The van der Waals surface area contributed by atoms with E-state index in [9.17, 15) is 0 Å². The lowest BCUT2D eigenvalue weighted by atomic mass is 10.1. The zero-order valence-electron chi connectivity index (χ0n) is 23.5. The Morgan fingerprint density at radius 2 is 0.900 bits per heavy atom. The van der Waals surface area contributed by atoms with E-state index < -0.39 is 0 Å². The zero-order chi connectivity index (χ0) is 27.8. The number of benzene rings is 2. The van der Waals surface area contributed by atoms with Crippen LogP contribution in [0.1, 0.15) is 13.8 Å². The molecule has 8 nitrogen and oxygen atoms in total. The van der Waals surface area contributed by atoms with E-state index in [1.807, 2.05) is 60.9 Å². The quantitative estimate of drug-likeness (QED) is 0.202. The molecule has 0 aliphatic heterocycles. The van der Waals surface area contributed by atoms with Crippen molar-refractivity contribution in [3.63, 3.8) is 0 Å². The van der Waals surface area contributed by atoms with Gasteiger partial charge in [-0.15, -0.1) is 0 Å². The third kappa shape index (κ3) is 7.34. The number of hydrogen-bond donors (Lipinski definition) is 0. The third-order valence-electron chi connectivity index (χ3n) is 6.66. The van der Waals surface area contributed by atoms with E-state index in [1.54, 1.807) is 28.4 Å². The first-order valence-electron chi connectivity index (χ1n) is 12.8. The van der Waals surface area contributed by atoms with Gasteiger partial charge in [0.25, 0.3) is 0 Å². The van der Waals surface area contributed by atoms with E-state index in [-0.39, 0.29) is 7.43 Å². The number of anilines is 2. The summed E-state index contributed by atoms with van der Waals surface area (Å²) in [6.45, 7) is 1.79. The van der Waals surface area contributed by atoms with Crippen molar-refractivity contribution in [2.24, 2.45) is 0 Å². The molecule has 0 aliphatic rings. The van der Waals surface area contributed by atoms with E-state index in [1.165, 1.54) is 0 Å². The maximum absolute atomic E-state index is 5.39. The van der Waals surface area contributed by atoms with E-state index >= 15 is 0 Å². The Kier molecular flexibility index (Phi) is 10.6. The maximum Gasteiger partial charge on any atom is 0.123 e. The number of ether oxygens (including phenoxy) is 4. The molecule has 4 aromatic rings. The van der Waals surface area contributed by atoms with Crippen LogP contribution in [0.3, 0.4) is 0 Å². The van der Waals surface area contributed by atoms with Crippen molar-refractivity contribution in [1.29, 1.82) is 0 Å². The molecule has 2 aromatic heterocycles. The third-order valence-corrected chi connectivity index (χ3v) is 6.66. The lowest BCUT2D eigenvalue weighted by Crippen LogP contribution is -2.25. The molecule has 0 atom stereocenters. The molecule has 2 heterocycles. The van der Waals surface area contributed by atoms with Crippen LogP contribution in [-0.4, -0.2) is 65.6 Å². The molecule has 0 saturated heterocycles. The average Bonchev–Trinajstić information content (AvgIpc) is 3.00. The fourth-order valence-electron chi connectivity index (χ4n) is 4.28. The van der Waals surface area contributed by atoms with Crippen LogP contribution in [0.25, 0.3) is 22.5 Å². The van der Waals surface area contributed by atoms with Gasteiger partial charge in [-0.1, -0.05) is 7.43 Å². The standard InChI is InChI=1S/C31H36N4O4.CH4/c1-34(24-8-10-30(32-20-24)22-14-26(36-3)18-27(15-22)37-4)12-7-13-35(2)25-9-11-31(33-21-25)23-16-28(38-5)19-29(17-23)39-6;/h8-11,14-21H,7,12-13H2,1-6H3;1H4. The summed E-state index contributed by atoms with van der Waals surface area (Å²) in [5, 5.41) is 0. The number of pyridine rings is 2. The first kappa shape index (κ1) is 30.1. The number of methoxy groups -OCH3 is 4. The summed E-state index contributed by atoms with van der Waals surface area (Å²) < 4.78 is 21.5. The summed E-state index contributed by atoms with van der Waals surface area (Å²) in [5.41, 5.74) is 5.77. The number of aromatic nitrogens is 2. The van der Waals surface area contributed by atoms with Crippen LogP contribution in [0.2, 0.25) is 0 Å². The Morgan fingerprint density at radius 3 is 1.18 bits per heavy atom. The predicted octanol–water partition coefficient (Wildman–Crippen LogP) is 6.44. The van der Waals surface area contributed by atoms with Gasteiger partial charge in [0, 0.05) is 50.4 Å². The Balaban J connectivity index is 0.00000441. The van der Waals surface area contributed by atoms with Gasteiger partial charge in [0.15, 0.2) is 0 Å². The van der Waals surface area contributed by atoms with Crippen molar-refractivity contribution < 1.29 is 18.9 Å². The second kappa shape index (κ2) is 14.1. The molecule has 212 valence electrons. The van der Waals surface area contributed by atoms with Crippen LogP contribution in [0, 0.1) is 0 Å². The second-order valence-corrected chi connectivity index (χ2v) is 9.20. The summed E-state index contributed by atoms with van der Waals surface area (Å²) >= 11 is 0. The molecule has 0 bridgehead atoms. The number of rotatable bonds is 12. The van der Waals surface area contributed by atoms with Gasteiger partial charge in [-0.05, 0) is 55.0 Å². The van der Waals surface area contributed by atoms with Crippen molar-refractivity contribution in [2.45, 2.75) is 13.8 Å². The number of hydrogen-bond acceptors (Lipinski definition) is 8. The van der Waals surface area contributed by atoms with Crippen LogP contribution in [-0.2, 0) is 0 Å². The Labute approximate surface area is 238 Å². The normalized spacial score (nSPS) is 10.3. The lowest BCUT2D eigenvalue weighted by molar-refractivity contribution is 0.394. The molecule has 0 amide bonds. The Hall–Kier alpha value is -4.46. The Morgan fingerprint density at radius 1 is 0.550 bits per heavy atom. The fourth-order valence-corrected chi connectivity index (χ4v) is 4.28. The van der Waals surface area contributed by atoms with E-state index in [0.29, 0.717) is 0 Å². The molecule has 2 aromatic carbocycles. The topological polar surface area (TPSA) is 69.2 Å². The van der Waals surface area contributed by atoms with E-state index in [2.05, 4.69) is 46.0 Å². The van der Waals surface area contributed by atoms with Gasteiger partial charge in [-0.2, -0.15) is 0 Å². The van der Waals surface area contributed by atoms with Crippen LogP contribution in [0.15, 0.2) is 73.1 Å². The molecule has 0 unspecified atom stereocenters. The van der Waals surface area contributed by atoms with Crippen LogP contribution < -0.4 is 28.7 Å². The minimum atomic E-state index is 0. The molecule has 0 N–H and O–H groups in total. The van der Waals surface area contributed by atoms with E-state index in [0.717, 1.165) is 76.4 Å². The van der Waals surface area contributed by atoms with Crippen LogP contribution in [0.4, 0.5) is 11.4 Å². The summed E-state index contributed by atoms with van der Waals surface area (Å²) in [7, 11) is 10.8. The maximum atomic E-state index is 5.39. The highest BCUT2D eigenvalue weighted by Gasteiger charge is 2.10. The van der Waals surface area contributed by atoms with Gasteiger partial charge >= 0.3 is 0 Å².